The number of hydrogen-bond donors (Lipinski definition) is 2. The van der Waals surface area contributed by atoms with Crippen LogP contribution in [0.15, 0.2) is 16.6 Å². The first-order valence-electron chi connectivity index (χ1n) is 3.67. The molecule has 0 bridgehead atoms. The summed E-state index contributed by atoms with van der Waals surface area (Å²) in [7, 11) is 0. The molecule has 3 nitrogen and oxygen atoms in total. The zero-order valence-electron chi connectivity index (χ0n) is 6.98. The van der Waals surface area contributed by atoms with E-state index in [9.17, 15) is 13.6 Å². The number of hydrogen-bond acceptors (Lipinski definition) is 2. The Kier molecular flexibility index (Phi) is 3.40. The summed E-state index contributed by atoms with van der Waals surface area (Å²) >= 11 is 2.83. The fraction of sp³-hybridized carbons (Fsp3) is 0.125. The van der Waals surface area contributed by atoms with Gasteiger partial charge in [0.2, 0.25) is 5.91 Å². The van der Waals surface area contributed by atoms with Gasteiger partial charge in [-0.1, -0.05) is 0 Å². The molecule has 0 saturated heterocycles. The van der Waals surface area contributed by atoms with Gasteiger partial charge in [-0.15, -0.1) is 0 Å². The highest BCUT2D eigenvalue weighted by atomic mass is 79.9. The molecule has 76 valence electrons. The number of halogens is 3. The monoisotopic (exact) mass is 264 g/mol. The molecule has 0 spiro atoms. The van der Waals surface area contributed by atoms with Crippen molar-refractivity contribution in [2.45, 2.75) is 0 Å². The van der Waals surface area contributed by atoms with E-state index in [4.69, 9.17) is 5.73 Å². The number of carbonyl (C=O) groups excluding carboxylic acids is 1. The third kappa shape index (κ3) is 2.66. The molecule has 1 aromatic rings. The molecule has 0 atom stereocenters. The lowest BCUT2D eigenvalue weighted by molar-refractivity contribution is -0.116. The maximum Gasteiger partial charge on any atom is 0.236 e. The van der Waals surface area contributed by atoms with Crippen molar-refractivity contribution in [1.29, 1.82) is 0 Å². The van der Waals surface area contributed by atoms with Gasteiger partial charge in [0, 0.05) is 6.07 Å². The summed E-state index contributed by atoms with van der Waals surface area (Å²) in [6.45, 7) is -0.238. The fourth-order valence-electron chi connectivity index (χ4n) is 0.840. The van der Waals surface area contributed by atoms with Gasteiger partial charge in [-0.2, -0.15) is 0 Å². The second-order valence-electron chi connectivity index (χ2n) is 2.57. The Morgan fingerprint density at radius 2 is 2.07 bits per heavy atom. The molecule has 0 aliphatic heterocycles. The zero-order valence-corrected chi connectivity index (χ0v) is 8.57. The minimum absolute atomic E-state index is 0.0274. The summed E-state index contributed by atoms with van der Waals surface area (Å²) in [6, 6.07) is 1.92. The van der Waals surface area contributed by atoms with Crippen molar-refractivity contribution in [3.63, 3.8) is 0 Å². The molecule has 0 radical (unpaired) electrons. The predicted octanol–water partition coefficient (Wildman–Crippen LogP) is 1.62. The number of carbonyl (C=O) groups is 1. The van der Waals surface area contributed by atoms with E-state index in [0.29, 0.717) is 0 Å². The van der Waals surface area contributed by atoms with E-state index in [-0.39, 0.29) is 16.7 Å². The molecule has 3 N–H and O–H groups in total. The first-order chi connectivity index (χ1) is 6.50. The molecule has 0 heterocycles. The maximum absolute atomic E-state index is 13.1. The van der Waals surface area contributed by atoms with Gasteiger partial charge >= 0.3 is 0 Å². The minimum Gasteiger partial charge on any atom is -0.374 e. The van der Waals surface area contributed by atoms with Crippen LogP contribution < -0.4 is 11.1 Å². The number of nitrogens with one attached hydrogen (secondary N) is 1. The van der Waals surface area contributed by atoms with E-state index in [2.05, 4.69) is 21.2 Å². The average Bonchev–Trinajstić information content (AvgIpc) is 2.09. The number of benzene rings is 1. The number of rotatable bonds is 3. The summed E-state index contributed by atoms with van der Waals surface area (Å²) in [5.41, 5.74) is 4.74. The molecule has 0 unspecified atom stereocenters. The van der Waals surface area contributed by atoms with Crippen molar-refractivity contribution < 1.29 is 13.6 Å². The third-order valence-electron chi connectivity index (χ3n) is 1.46. The van der Waals surface area contributed by atoms with Crippen LogP contribution in [0.2, 0.25) is 0 Å². The van der Waals surface area contributed by atoms with E-state index in [1.54, 1.807) is 0 Å². The molecule has 0 aromatic heterocycles. The quantitative estimate of drug-likeness (QED) is 0.816. The van der Waals surface area contributed by atoms with Gasteiger partial charge in [-0.05, 0) is 22.0 Å². The van der Waals surface area contributed by atoms with Crippen LogP contribution in [0, 0.1) is 11.6 Å². The standard InChI is InChI=1S/C8H7BrF2N2O/c9-4-1-6(11)7(2-5(4)10)13-3-8(12)14/h1-2,13H,3H2,(H2,12,14). The summed E-state index contributed by atoms with van der Waals surface area (Å²) in [5, 5.41) is 2.37. The van der Waals surface area contributed by atoms with Gasteiger partial charge < -0.3 is 11.1 Å². The van der Waals surface area contributed by atoms with Crippen molar-refractivity contribution in [2.75, 3.05) is 11.9 Å². The number of nitrogens with two attached hydrogens (primary N) is 1. The van der Waals surface area contributed by atoms with Crippen LogP contribution in [0.3, 0.4) is 0 Å². The highest BCUT2D eigenvalue weighted by Crippen LogP contribution is 2.22. The largest absolute Gasteiger partial charge is 0.374 e. The van der Waals surface area contributed by atoms with E-state index in [0.717, 1.165) is 12.1 Å². The Morgan fingerprint density at radius 1 is 1.43 bits per heavy atom. The molecule has 1 amide bonds. The molecular weight excluding hydrogens is 258 g/mol. The number of anilines is 1. The smallest absolute Gasteiger partial charge is 0.236 e. The first-order valence-corrected chi connectivity index (χ1v) is 4.46. The van der Waals surface area contributed by atoms with Crippen LogP contribution in [0.5, 0.6) is 0 Å². The predicted molar refractivity (Wildman–Crippen MR) is 51.7 cm³/mol. The molecule has 6 heteroatoms. The summed E-state index contributed by atoms with van der Waals surface area (Å²) in [5.74, 6) is -1.91. The van der Waals surface area contributed by atoms with Crippen LogP contribution in [0.25, 0.3) is 0 Å². The third-order valence-corrected chi connectivity index (χ3v) is 2.07. The second-order valence-corrected chi connectivity index (χ2v) is 3.42. The van der Waals surface area contributed by atoms with Crippen LogP contribution in [-0.4, -0.2) is 12.5 Å². The van der Waals surface area contributed by atoms with Gasteiger partial charge in [0.1, 0.15) is 11.6 Å². The minimum atomic E-state index is -0.653. The molecular formula is C8H7BrF2N2O. The Bertz CT molecular complexity index is 371. The average molecular weight is 265 g/mol. The summed E-state index contributed by atoms with van der Waals surface area (Å²) < 4.78 is 26.0. The lowest BCUT2D eigenvalue weighted by atomic mass is 10.3. The molecule has 1 aromatic carbocycles. The van der Waals surface area contributed by atoms with Crippen LogP contribution in [0.1, 0.15) is 0 Å². The summed E-state index contributed by atoms with van der Waals surface area (Å²) in [4.78, 5) is 10.4. The van der Waals surface area contributed by atoms with Crippen molar-refractivity contribution >= 4 is 27.5 Å². The first kappa shape index (κ1) is 10.9. The molecule has 1 rings (SSSR count). The van der Waals surface area contributed by atoms with E-state index >= 15 is 0 Å². The van der Waals surface area contributed by atoms with E-state index < -0.39 is 17.5 Å². The fourth-order valence-corrected chi connectivity index (χ4v) is 1.16. The topological polar surface area (TPSA) is 55.1 Å². The SMILES string of the molecule is NC(=O)CNc1cc(F)c(Br)cc1F. The second kappa shape index (κ2) is 4.36. The molecule has 0 saturated carbocycles. The normalized spacial score (nSPS) is 9.93. The Morgan fingerprint density at radius 3 is 2.64 bits per heavy atom. The molecule has 0 fully saturated rings. The van der Waals surface area contributed by atoms with Crippen molar-refractivity contribution in [1.82, 2.24) is 0 Å². The van der Waals surface area contributed by atoms with Crippen LogP contribution in [-0.2, 0) is 4.79 Å². The molecule has 14 heavy (non-hydrogen) atoms. The van der Waals surface area contributed by atoms with Crippen LogP contribution in [0.4, 0.5) is 14.5 Å². The van der Waals surface area contributed by atoms with Gasteiger partial charge in [-0.25, -0.2) is 8.78 Å². The Labute approximate surface area is 87.4 Å². The van der Waals surface area contributed by atoms with Gasteiger partial charge in [0.15, 0.2) is 0 Å². The lowest BCUT2D eigenvalue weighted by Gasteiger charge is -2.06. The van der Waals surface area contributed by atoms with Crippen molar-refractivity contribution in [3.8, 4) is 0 Å². The number of primary amides is 1. The highest BCUT2D eigenvalue weighted by Gasteiger charge is 2.08. The lowest BCUT2D eigenvalue weighted by Crippen LogP contribution is -2.22. The van der Waals surface area contributed by atoms with E-state index in [1.165, 1.54) is 0 Å². The molecule has 0 aliphatic rings. The zero-order chi connectivity index (χ0) is 10.7. The van der Waals surface area contributed by atoms with Crippen molar-refractivity contribution in [2.24, 2.45) is 5.73 Å². The summed E-state index contributed by atoms with van der Waals surface area (Å²) in [6.07, 6.45) is 0. The van der Waals surface area contributed by atoms with Gasteiger partial charge in [-0.3, -0.25) is 4.79 Å². The van der Waals surface area contributed by atoms with E-state index in [1.807, 2.05) is 0 Å². The maximum atomic E-state index is 13.1. The van der Waals surface area contributed by atoms with Gasteiger partial charge in [0.05, 0.1) is 16.7 Å². The Balaban J connectivity index is 2.87. The van der Waals surface area contributed by atoms with Crippen molar-refractivity contribution in [3.05, 3.63) is 28.2 Å². The highest BCUT2D eigenvalue weighted by molar-refractivity contribution is 9.10. The van der Waals surface area contributed by atoms with Gasteiger partial charge in [0.25, 0.3) is 0 Å². The Hall–Kier alpha value is -1.17. The molecule has 0 aliphatic carbocycles. The van der Waals surface area contributed by atoms with Crippen LogP contribution >= 0.6 is 15.9 Å². The number of amides is 1.